The highest BCUT2D eigenvalue weighted by Crippen LogP contribution is 2.41. The molecule has 0 N–H and O–H groups in total. The average molecular weight is 341 g/mol. The van der Waals surface area contributed by atoms with Crippen molar-refractivity contribution in [2.75, 3.05) is 24.5 Å². The fourth-order valence-corrected chi connectivity index (χ4v) is 3.95. The van der Waals surface area contributed by atoms with Crippen LogP contribution in [0.25, 0.3) is 0 Å². The van der Waals surface area contributed by atoms with Gasteiger partial charge in [0.1, 0.15) is 17.9 Å². The summed E-state index contributed by atoms with van der Waals surface area (Å²) in [6, 6.07) is 0.824. The normalized spacial score (nSPS) is 25.8. The van der Waals surface area contributed by atoms with E-state index in [9.17, 15) is 18.0 Å². The number of pyridine rings is 1. The van der Waals surface area contributed by atoms with Gasteiger partial charge in [-0.3, -0.25) is 4.79 Å². The number of amides is 1. The number of aromatic nitrogens is 1. The lowest BCUT2D eigenvalue weighted by molar-refractivity contribution is -0.139. The Morgan fingerprint density at radius 1 is 1.29 bits per heavy atom. The van der Waals surface area contributed by atoms with Crippen LogP contribution in [0, 0.1) is 5.82 Å². The van der Waals surface area contributed by atoms with Crippen LogP contribution in [0.4, 0.5) is 19.0 Å². The van der Waals surface area contributed by atoms with Crippen LogP contribution in [-0.2, 0) is 9.53 Å². The minimum atomic E-state index is -2.80. The van der Waals surface area contributed by atoms with Crippen molar-refractivity contribution in [1.82, 2.24) is 9.88 Å². The van der Waals surface area contributed by atoms with Crippen molar-refractivity contribution in [3.05, 3.63) is 23.6 Å². The van der Waals surface area contributed by atoms with Crippen molar-refractivity contribution in [2.45, 2.75) is 43.9 Å². The van der Waals surface area contributed by atoms with E-state index in [4.69, 9.17) is 4.74 Å². The minimum absolute atomic E-state index is 0.0193. The maximum absolute atomic E-state index is 13.2. The molecule has 3 fully saturated rings. The first-order chi connectivity index (χ1) is 11.5. The quantitative estimate of drug-likeness (QED) is 0.829. The minimum Gasteiger partial charge on any atom is -0.356 e. The highest BCUT2D eigenvalue weighted by Gasteiger charge is 2.55. The second-order valence-electron chi connectivity index (χ2n) is 6.56. The number of carbonyl (C=O) groups excluding carboxylic acids is 1. The van der Waals surface area contributed by atoms with Gasteiger partial charge in [-0.25, -0.2) is 18.2 Å². The van der Waals surface area contributed by atoms with Gasteiger partial charge >= 0.3 is 0 Å². The maximum atomic E-state index is 13.2. The molecule has 4 heterocycles. The molecule has 24 heavy (non-hydrogen) atoms. The molecule has 0 aliphatic carbocycles. The largest absolute Gasteiger partial charge is 0.356 e. The molecule has 4 rings (SSSR count). The molecule has 130 valence electrons. The molecule has 1 atom stereocenters. The van der Waals surface area contributed by atoms with Crippen molar-refractivity contribution in [1.29, 1.82) is 0 Å². The van der Waals surface area contributed by atoms with Gasteiger partial charge in [0.2, 0.25) is 0 Å². The molecule has 3 saturated heterocycles. The number of fused-ring (bicyclic) bond motifs is 1. The lowest BCUT2D eigenvalue weighted by Gasteiger charge is -2.38. The van der Waals surface area contributed by atoms with Gasteiger partial charge in [-0.05, 0) is 18.9 Å². The molecule has 1 unspecified atom stereocenters. The number of nitrogens with zero attached hydrogens (tertiary/aromatic N) is 3. The van der Waals surface area contributed by atoms with Crippen molar-refractivity contribution >= 4 is 11.7 Å². The molecule has 0 aromatic carbocycles. The van der Waals surface area contributed by atoms with Crippen LogP contribution >= 0.6 is 0 Å². The van der Waals surface area contributed by atoms with Crippen LogP contribution in [0.5, 0.6) is 0 Å². The molecule has 1 amide bonds. The van der Waals surface area contributed by atoms with Crippen LogP contribution in [0.2, 0.25) is 0 Å². The second-order valence-corrected chi connectivity index (χ2v) is 6.56. The summed E-state index contributed by atoms with van der Waals surface area (Å²) in [5, 5.41) is 0. The number of halogens is 3. The monoisotopic (exact) mass is 341 g/mol. The Kier molecular flexibility index (Phi) is 3.67. The van der Waals surface area contributed by atoms with Crippen LogP contribution in [0.1, 0.15) is 37.7 Å². The number of anilines is 1. The van der Waals surface area contributed by atoms with Gasteiger partial charge in [-0.15, -0.1) is 0 Å². The number of piperidine rings is 1. The van der Waals surface area contributed by atoms with E-state index >= 15 is 0 Å². The van der Waals surface area contributed by atoms with E-state index in [2.05, 4.69) is 4.98 Å². The van der Waals surface area contributed by atoms with Crippen molar-refractivity contribution in [3.8, 4) is 0 Å². The van der Waals surface area contributed by atoms with E-state index in [1.807, 2.05) is 0 Å². The molecule has 1 aromatic heterocycles. The lowest BCUT2D eigenvalue weighted by Crippen LogP contribution is -2.50. The summed E-state index contributed by atoms with van der Waals surface area (Å²) in [6.07, 6.45) is 0.681. The fraction of sp³-hybridized carbons (Fsp3) is 0.625. The summed E-state index contributed by atoms with van der Waals surface area (Å²) in [6.45, 7) is 1.49. The molecular weight excluding hydrogens is 323 g/mol. The zero-order chi connectivity index (χ0) is 16.9. The third-order valence-corrected chi connectivity index (χ3v) is 5.18. The zero-order valence-electron chi connectivity index (χ0n) is 13.1. The number of ether oxygens (including phenoxy) is 1. The Labute approximate surface area is 137 Å². The smallest absolute Gasteiger partial charge is 0.267 e. The topological polar surface area (TPSA) is 45.7 Å². The predicted octanol–water partition coefficient (Wildman–Crippen LogP) is 2.48. The summed E-state index contributed by atoms with van der Waals surface area (Å²) in [7, 11) is 0. The number of hydrogen-bond acceptors (Lipinski definition) is 4. The summed E-state index contributed by atoms with van der Waals surface area (Å²) in [4.78, 5) is 19.9. The van der Waals surface area contributed by atoms with Gasteiger partial charge in [0.15, 0.2) is 5.60 Å². The first-order valence-corrected chi connectivity index (χ1v) is 8.18. The molecule has 5 nitrogen and oxygen atoms in total. The van der Waals surface area contributed by atoms with E-state index in [1.54, 1.807) is 9.80 Å². The van der Waals surface area contributed by atoms with Crippen molar-refractivity contribution in [3.63, 3.8) is 0 Å². The molecule has 1 aromatic rings. The molecule has 8 heteroatoms. The van der Waals surface area contributed by atoms with Gasteiger partial charge in [-0.2, -0.15) is 0 Å². The van der Waals surface area contributed by atoms with Gasteiger partial charge in [-0.1, -0.05) is 0 Å². The number of hydrogen-bond donors (Lipinski definition) is 0. The fourth-order valence-electron chi connectivity index (χ4n) is 3.95. The third-order valence-electron chi connectivity index (χ3n) is 5.18. The van der Waals surface area contributed by atoms with E-state index in [1.165, 1.54) is 0 Å². The third kappa shape index (κ3) is 2.35. The lowest BCUT2D eigenvalue weighted by atomic mass is 9.90. The molecule has 0 saturated carbocycles. The van der Waals surface area contributed by atoms with Crippen LogP contribution in [-0.4, -0.2) is 47.3 Å². The van der Waals surface area contributed by atoms with Gasteiger partial charge in [0.05, 0.1) is 11.8 Å². The van der Waals surface area contributed by atoms with Crippen LogP contribution < -0.4 is 4.90 Å². The number of alkyl halides is 2. The Morgan fingerprint density at radius 2 is 2.04 bits per heavy atom. The maximum Gasteiger partial charge on any atom is 0.267 e. The average Bonchev–Trinajstić information content (AvgIpc) is 3.11. The molecule has 0 radical (unpaired) electrons. The van der Waals surface area contributed by atoms with Gasteiger partial charge in [0.25, 0.3) is 12.3 Å². The van der Waals surface area contributed by atoms with Crippen molar-refractivity contribution < 1.29 is 22.7 Å². The second kappa shape index (κ2) is 5.61. The molecule has 0 bridgehead atoms. The Balaban J connectivity index is 1.52. The molecular formula is C16H18F3N3O2. The summed E-state index contributed by atoms with van der Waals surface area (Å²) < 4.78 is 45.6. The summed E-state index contributed by atoms with van der Waals surface area (Å²) in [5.74, 6) is -0.671. The van der Waals surface area contributed by atoms with Crippen LogP contribution in [0.15, 0.2) is 12.3 Å². The van der Waals surface area contributed by atoms with Crippen LogP contribution in [0.3, 0.4) is 0 Å². The van der Waals surface area contributed by atoms with E-state index in [0.717, 1.165) is 31.6 Å². The Bertz CT molecular complexity index is 662. The highest BCUT2D eigenvalue weighted by molar-refractivity contribution is 5.87. The zero-order valence-corrected chi connectivity index (χ0v) is 13.1. The van der Waals surface area contributed by atoms with E-state index in [-0.39, 0.29) is 18.0 Å². The Hall–Kier alpha value is -1.83. The Morgan fingerprint density at radius 3 is 2.71 bits per heavy atom. The summed E-state index contributed by atoms with van der Waals surface area (Å²) >= 11 is 0. The highest BCUT2D eigenvalue weighted by atomic mass is 19.3. The molecule has 3 aliphatic heterocycles. The van der Waals surface area contributed by atoms with E-state index < -0.39 is 23.4 Å². The number of rotatable bonds is 2. The summed E-state index contributed by atoms with van der Waals surface area (Å²) in [5.41, 5.74) is -1.24. The van der Waals surface area contributed by atoms with E-state index in [0.29, 0.717) is 25.9 Å². The molecule has 1 spiro atoms. The van der Waals surface area contributed by atoms with Gasteiger partial charge < -0.3 is 14.5 Å². The number of carbonyl (C=O) groups is 1. The van der Waals surface area contributed by atoms with Crippen molar-refractivity contribution in [2.24, 2.45) is 0 Å². The molecule has 3 aliphatic rings. The van der Waals surface area contributed by atoms with Gasteiger partial charge in [0, 0.05) is 32.5 Å². The first kappa shape index (κ1) is 15.7. The standard InChI is InChI=1S/C16H18F3N3O2/c17-10-8-11(13(18)19)14(20-9-10)21-6-3-16(4-7-21)15(23)22-5-1-2-12(22)24-16/h8-9,12-13H,1-7H2. The SMILES string of the molecule is O=C1N2CCCC2OC12CCN(c1ncc(F)cc1C(F)F)CC2. The first-order valence-electron chi connectivity index (χ1n) is 8.18. The predicted molar refractivity (Wildman–Crippen MR) is 79.2 cm³/mol.